The first kappa shape index (κ1) is 27.4. The van der Waals surface area contributed by atoms with Crippen LogP contribution in [0.2, 0.25) is 0 Å². The molecule has 2 aromatic heterocycles. The highest BCUT2D eigenvalue weighted by atomic mass is 32.1. The molecule has 1 amide bonds. The number of para-hydroxylation sites is 1. The van der Waals surface area contributed by atoms with Crippen molar-refractivity contribution in [2.45, 2.75) is 19.6 Å². The van der Waals surface area contributed by atoms with Crippen LogP contribution in [0.5, 0.6) is 11.5 Å². The largest absolute Gasteiger partial charge is 0.503 e. The number of hydrogen-bond acceptors (Lipinski definition) is 8. The number of ether oxygens (including phenoxy) is 2. The quantitative estimate of drug-likeness (QED) is 0.178. The number of amides is 1. The minimum atomic E-state index is -1.01. The predicted octanol–water partition coefficient (Wildman–Crippen LogP) is 7.72. The van der Waals surface area contributed by atoms with Crippen molar-refractivity contribution in [3.63, 3.8) is 0 Å². The molecule has 1 aliphatic heterocycles. The maximum atomic E-state index is 14.1. The topological polar surface area (TPSA) is 102 Å². The minimum Gasteiger partial charge on any atom is -0.503 e. The Labute approximate surface area is 256 Å². The molecule has 0 fully saturated rings. The zero-order valence-corrected chi connectivity index (χ0v) is 24.6. The molecule has 3 heterocycles. The molecule has 0 saturated heterocycles. The summed E-state index contributed by atoms with van der Waals surface area (Å²) in [7, 11) is 1.52. The lowest BCUT2D eigenvalue weighted by molar-refractivity contribution is -0.117. The lowest BCUT2D eigenvalue weighted by Crippen LogP contribution is -2.31. The molecule has 0 spiro atoms. The monoisotopic (exact) mass is 602 g/mol. The second kappa shape index (κ2) is 11.0. The number of hydrogen-bond donors (Lipinski definition) is 1. The molecule has 4 aromatic carbocycles. The molecule has 7 rings (SSSR count). The minimum absolute atomic E-state index is 0.0158. The van der Waals surface area contributed by atoms with Crippen LogP contribution in [0.1, 0.15) is 33.3 Å². The molecule has 9 heteroatoms. The van der Waals surface area contributed by atoms with E-state index in [0.717, 1.165) is 21.2 Å². The van der Waals surface area contributed by atoms with Crippen molar-refractivity contribution in [3.8, 4) is 11.5 Å². The van der Waals surface area contributed by atoms with E-state index in [4.69, 9.17) is 18.9 Å². The number of Topliss-reactive ketones (excluding diaryl/α,β-unsaturated/α-hetero) is 1. The molecule has 0 aliphatic carbocycles. The molecule has 1 N–H and O–H groups in total. The van der Waals surface area contributed by atoms with Crippen LogP contribution in [0, 0.1) is 6.92 Å². The van der Waals surface area contributed by atoms with Gasteiger partial charge in [-0.1, -0.05) is 72.0 Å². The molecule has 1 atom stereocenters. The third-order valence-electron chi connectivity index (χ3n) is 7.58. The molecule has 0 bridgehead atoms. The van der Waals surface area contributed by atoms with Crippen LogP contribution in [0.15, 0.2) is 113 Å². The van der Waals surface area contributed by atoms with Crippen molar-refractivity contribution in [1.82, 2.24) is 4.98 Å². The summed E-state index contributed by atoms with van der Waals surface area (Å²) in [6.07, 6.45) is 0. The predicted molar refractivity (Wildman–Crippen MR) is 169 cm³/mol. The van der Waals surface area contributed by atoms with Gasteiger partial charge in [-0.3, -0.25) is 14.5 Å². The van der Waals surface area contributed by atoms with Crippen molar-refractivity contribution in [2.24, 2.45) is 0 Å². The van der Waals surface area contributed by atoms with Crippen molar-refractivity contribution in [3.05, 3.63) is 131 Å². The fraction of sp³-hybridized carbons (Fsp3) is 0.114. The number of furan rings is 1. The number of thiazole rings is 1. The van der Waals surface area contributed by atoms with E-state index < -0.39 is 23.5 Å². The number of rotatable bonds is 8. The van der Waals surface area contributed by atoms with Gasteiger partial charge in [0, 0.05) is 5.39 Å². The summed E-state index contributed by atoms with van der Waals surface area (Å²) in [6, 6.07) is 28.6. The van der Waals surface area contributed by atoms with Crippen LogP contribution in [0.4, 0.5) is 5.13 Å². The summed E-state index contributed by atoms with van der Waals surface area (Å²) in [4.78, 5) is 33.9. The maximum Gasteiger partial charge on any atom is 0.296 e. The zero-order chi connectivity index (χ0) is 30.4. The summed E-state index contributed by atoms with van der Waals surface area (Å²) in [6.45, 7) is 2.31. The number of methoxy groups -OCH3 is 1. The number of aromatic nitrogens is 1. The molecule has 44 heavy (non-hydrogen) atoms. The van der Waals surface area contributed by atoms with Gasteiger partial charge in [0.05, 0.1) is 28.9 Å². The first-order valence-corrected chi connectivity index (χ1v) is 14.7. The number of carbonyl (C=O) groups excluding carboxylic acids is 2. The van der Waals surface area contributed by atoms with Crippen molar-refractivity contribution < 1.29 is 28.6 Å². The summed E-state index contributed by atoms with van der Waals surface area (Å²) in [5.74, 6) is -1.06. The summed E-state index contributed by atoms with van der Waals surface area (Å²) in [5.41, 5.74) is 3.70. The zero-order valence-electron chi connectivity index (χ0n) is 23.8. The molecule has 218 valence electrons. The van der Waals surface area contributed by atoms with Gasteiger partial charge < -0.3 is 19.0 Å². The van der Waals surface area contributed by atoms with Crippen LogP contribution in [-0.4, -0.2) is 28.9 Å². The van der Waals surface area contributed by atoms with Crippen LogP contribution in [-0.2, 0) is 11.4 Å². The maximum absolute atomic E-state index is 14.1. The SMILES string of the molecule is COc1cc([C@H]2C(C(=O)c3cc4ccccc4o3)=C(O)C(=O)N2c2nc3ccc(C)cc3s2)ccc1OCc1ccccc1. The molecule has 8 nitrogen and oxygen atoms in total. The number of nitrogens with zero attached hydrogens (tertiary/aromatic N) is 2. The van der Waals surface area contributed by atoms with Crippen molar-refractivity contribution in [2.75, 3.05) is 12.0 Å². The number of aliphatic hydroxyl groups excluding tert-OH is 1. The Kier molecular flexibility index (Phi) is 6.87. The molecule has 0 saturated carbocycles. The van der Waals surface area contributed by atoms with E-state index in [-0.39, 0.29) is 11.3 Å². The number of carbonyl (C=O) groups is 2. The third kappa shape index (κ3) is 4.77. The number of aliphatic hydroxyl groups is 1. The van der Waals surface area contributed by atoms with Gasteiger partial charge in [-0.2, -0.15) is 0 Å². The standard InChI is InChI=1S/C35H26N2O6S/c1-20-12-14-24-29(16-20)44-35(36-24)37-31(23-13-15-26(27(18-23)41-2)42-19-21-8-4-3-5-9-21)30(33(39)34(37)40)32(38)28-17-22-10-6-7-11-25(22)43-28/h3-18,31,39H,19H2,1-2H3/t31-/m0/s1. The Balaban J connectivity index is 1.33. The smallest absolute Gasteiger partial charge is 0.296 e. The molecular formula is C35H26N2O6S. The van der Waals surface area contributed by atoms with E-state index >= 15 is 0 Å². The second-order valence-electron chi connectivity index (χ2n) is 10.5. The van der Waals surface area contributed by atoms with Gasteiger partial charge in [-0.15, -0.1) is 0 Å². The fourth-order valence-electron chi connectivity index (χ4n) is 5.41. The van der Waals surface area contributed by atoms with Gasteiger partial charge in [-0.05, 0) is 60.0 Å². The highest BCUT2D eigenvalue weighted by Gasteiger charge is 2.47. The van der Waals surface area contributed by atoms with Gasteiger partial charge in [0.25, 0.3) is 5.91 Å². The summed E-state index contributed by atoms with van der Waals surface area (Å²) in [5, 5.41) is 12.4. The number of aryl methyl sites for hydroxylation is 1. The fourth-order valence-corrected chi connectivity index (χ4v) is 6.50. The normalized spacial score (nSPS) is 15.0. The Morgan fingerprint density at radius 2 is 1.77 bits per heavy atom. The van der Waals surface area contributed by atoms with Crippen LogP contribution in [0.3, 0.4) is 0 Å². The van der Waals surface area contributed by atoms with E-state index in [2.05, 4.69) is 0 Å². The van der Waals surface area contributed by atoms with E-state index in [1.807, 2.05) is 73.7 Å². The van der Waals surface area contributed by atoms with E-state index in [9.17, 15) is 14.7 Å². The van der Waals surface area contributed by atoms with Gasteiger partial charge in [0.1, 0.15) is 12.2 Å². The lowest BCUT2D eigenvalue weighted by Gasteiger charge is -2.25. The van der Waals surface area contributed by atoms with E-state index in [1.165, 1.54) is 23.3 Å². The molecule has 1 aliphatic rings. The summed E-state index contributed by atoms with van der Waals surface area (Å²) < 4.78 is 18.5. The first-order chi connectivity index (χ1) is 21.4. The van der Waals surface area contributed by atoms with Crippen molar-refractivity contribution >= 4 is 49.3 Å². The van der Waals surface area contributed by atoms with Crippen LogP contribution < -0.4 is 14.4 Å². The van der Waals surface area contributed by atoms with Crippen LogP contribution in [0.25, 0.3) is 21.2 Å². The average molecular weight is 603 g/mol. The Morgan fingerprint density at radius 3 is 2.57 bits per heavy atom. The lowest BCUT2D eigenvalue weighted by atomic mass is 9.95. The Morgan fingerprint density at radius 1 is 0.977 bits per heavy atom. The number of ketones is 1. The van der Waals surface area contributed by atoms with Crippen molar-refractivity contribution in [1.29, 1.82) is 0 Å². The molecule has 0 unspecified atom stereocenters. The number of anilines is 1. The van der Waals surface area contributed by atoms with E-state index in [1.54, 1.807) is 30.3 Å². The average Bonchev–Trinajstić information content (AvgIpc) is 3.74. The second-order valence-corrected chi connectivity index (χ2v) is 11.5. The number of fused-ring (bicyclic) bond motifs is 2. The van der Waals surface area contributed by atoms with E-state index in [0.29, 0.717) is 39.9 Å². The third-order valence-corrected chi connectivity index (χ3v) is 8.60. The van der Waals surface area contributed by atoms with Crippen LogP contribution >= 0.6 is 11.3 Å². The van der Waals surface area contributed by atoms with Gasteiger partial charge >= 0.3 is 0 Å². The summed E-state index contributed by atoms with van der Waals surface area (Å²) >= 11 is 1.31. The first-order valence-electron chi connectivity index (χ1n) is 13.9. The number of benzene rings is 4. The molecule has 6 aromatic rings. The molecule has 0 radical (unpaired) electrons. The Hall–Kier alpha value is -5.41. The molecular weight excluding hydrogens is 576 g/mol. The van der Waals surface area contributed by atoms with Gasteiger partial charge in [0.2, 0.25) is 5.78 Å². The highest BCUT2D eigenvalue weighted by Crippen LogP contribution is 2.46. The highest BCUT2D eigenvalue weighted by molar-refractivity contribution is 7.22. The van der Waals surface area contributed by atoms with Gasteiger partial charge in [-0.25, -0.2) is 4.98 Å². The van der Waals surface area contributed by atoms with Gasteiger partial charge in [0.15, 0.2) is 28.1 Å². The Bertz CT molecular complexity index is 2060.